The molecule has 0 aliphatic heterocycles. The van der Waals surface area contributed by atoms with E-state index in [2.05, 4.69) is 17.4 Å². The van der Waals surface area contributed by atoms with Gasteiger partial charge in [-0.3, -0.25) is 4.79 Å². The number of carbonyl (C=O) groups is 1. The van der Waals surface area contributed by atoms with Crippen molar-refractivity contribution in [3.8, 4) is 5.75 Å². The van der Waals surface area contributed by atoms with Crippen molar-refractivity contribution in [3.63, 3.8) is 0 Å². The van der Waals surface area contributed by atoms with Crippen molar-refractivity contribution in [3.05, 3.63) is 42.0 Å². The number of fused-ring (bicyclic) bond motifs is 1. The summed E-state index contributed by atoms with van der Waals surface area (Å²) in [6.45, 7) is 0.949. The average molecular weight is 272 g/mol. The monoisotopic (exact) mass is 272 g/mol. The first-order valence-corrected chi connectivity index (χ1v) is 6.80. The summed E-state index contributed by atoms with van der Waals surface area (Å²) in [6, 6.07) is 12.1. The molecule has 0 bridgehead atoms. The first-order chi connectivity index (χ1) is 9.76. The number of hydrogen-bond donors (Lipinski definition) is 2. The van der Waals surface area contributed by atoms with Crippen LogP contribution in [0.25, 0.3) is 10.8 Å². The van der Waals surface area contributed by atoms with Gasteiger partial charge in [0, 0.05) is 25.6 Å². The zero-order valence-corrected chi connectivity index (χ0v) is 11.7. The van der Waals surface area contributed by atoms with Crippen molar-refractivity contribution in [2.24, 2.45) is 5.73 Å². The molecule has 0 heterocycles. The summed E-state index contributed by atoms with van der Waals surface area (Å²) in [4.78, 5) is 11.1. The highest BCUT2D eigenvalue weighted by molar-refractivity contribution is 5.87. The molecule has 0 saturated carbocycles. The summed E-state index contributed by atoms with van der Waals surface area (Å²) in [7, 11) is 1.64. The minimum absolute atomic E-state index is 0.0335. The summed E-state index contributed by atoms with van der Waals surface area (Å²) in [6.07, 6.45) is 1.17. The molecule has 0 unspecified atom stereocenters. The molecule has 0 atom stereocenters. The summed E-state index contributed by atoms with van der Waals surface area (Å²) < 4.78 is 5.77. The van der Waals surface area contributed by atoms with Crippen molar-refractivity contribution >= 4 is 16.7 Å². The number of benzene rings is 2. The molecular weight excluding hydrogens is 252 g/mol. The van der Waals surface area contributed by atoms with E-state index in [9.17, 15) is 4.79 Å². The molecule has 0 aromatic heterocycles. The van der Waals surface area contributed by atoms with Crippen LogP contribution >= 0.6 is 0 Å². The molecule has 106 valence electrons. The Kier molecular flexibility index (Phi) is 4.96. The van der Waals surface area contributed by atoms with E-state index in [0.29, 0.717) is 26.0 Å². The Hall–Kier alpha value is -2.07. The molecule has 3 N–H and O–H groups in total. The molecule has 0 fully saturated rings. The molecule has 0 saturated heterocycles. The average Bonchev–Trinajstić information content (AvgIpc) is 2.50. The standard InChI is InChI=1S/C16H20N2O2/c1-18-16(19)7-4-10-20-15-9-8-12-5-2-3-6-13(12)14(15)11-17/h2-3,5-6,8-9H,4,7,10-11,17H2,1H3,(H,18,19). The van der Waals surface area contributed by atoms with Gasteiger partial charge in [-0.1, -0.05) is 30.3 Å². The fourth-order valence-electron chi connectivity index (χ4n) is 2.20. The van der Waals surface area contributed by atoms with Crippen LogP contribution in [0.5, 0.6) is 5.75 Å². The zero-order valence-electron chi connectivity index (χ0n) is 11.7. The molecule has 1 amide bonds. The van der Waals surface area contributed by atoms with Crippen LogP contribution in [0.15, 0.2) is 36.4 Å². The normalized spacial score (nSPS) is 10.5. The van der Waals surface area contributed by atoms with Crippen LogP contribution in [0.2, 0.25) is 0 Å². The van der Waals surface area contributed by atoms with Gasteiger partial charge in [0.25, 0.3) is 0 Å². The van der Waals surface area contributed by atoms with Gasteiger partial charge in [-0.25, -0.2) is 0 Å². The smallest absolute Gasteiger partial charge is 0.219 e. The van der Waals surface area contributed by atoms with Crippen LogP contribution in [-0.4, -0.2) is 19.6 Å². The number of nitrogens with one attached hydrogen (secondary N) is 1. The zero-order chi connectivity index (χ0) is 14.4. The SMILES string of the molecule is CNC(=O)CCCOc1ccc2ccccc2c1CN. The third-order valence-corrected chi connectivity index (χ3v) is 3.29. The van der Waals surface area contributed by atoms with Crippen LogP contribution in [0.1, 0.15) is 18.4 Å². The van der Waals surface area contributed by atoms with Crippen molar-refractivity contribution in [2.45, 2.75) is 19.4 Å². The van der Waals surface area contributed by atoms with Crippen molar-refractivity contribution in [2.75, 3.05) is 13.7 Å². The van der Waals surface area contributed by atoms with Gasteiger partial charge in [-0.05, 0) is 23.3 Å². The van der Waals surface area contributed by atoms with Crippen LogP contribution < -0.4 is 15.8 Å². The molecule has 2 aromatic carbocycles. The number of rotatable bonds is 6. The summed E-state index contributed by atoms with van der Waals surface area (Å²) in [5, 5.41) is 4.88. The van der Waals surface area contributed by atoms with E-state index in [0.717, 1.165) is 22.1 Å². The number of nitrogens with two attached hydrogens (primary N) is 1. The number of amides is 1. The summed E-state index contributed by atoms with van der Waals surface area (Å²) in [5.74, 6) is 0.842. The Morgan fingerprint density at radius 1 is 1.25 bits per heavy atom. The lowest BCUT2D eigenvalue weighted by molar-refractivity contribution is -0.120. The lowest BCUT2D eigenvalue weighted by Gasteiger charge is -2.13. The quantitative estimate of drug-likeness (QED) is 0.792. The molecule has 0 spiro atoms. The van der Waals surface area contributed by atoms with Gasteiger partial charge >= 0.3 is 0 Å². The van der Waals surface area contributed by atoms with Gasteiger partial charge < -0.3 is 15.8 Å². The third-order valence-electron chi connectivity index (χ3n) is 3.29. The van der Waals surface area contributed by atoms with E-state index in [1.165, 1.54) is 0 Å². The molecule has 4 heteroatoms. The predicted octanol–water partition coefficient (Wildman–Crippen LogP) is 2.20. The van der Waals surface area contributed by atoms with E-state index < -0.39 is 0 Å². The number of hydrogen-bond acceptors (Lipinski definition) is 3. The molecule has 4 nitrogen and oxygen atoms in total. The van der Waals surface area contributed by atoms with Gasteiger partial charge in [0.05, 0.1) is 6.61 Å². The predicted molar refractivity (Wildman–Crippen MR) is 80.6 cm³/mol. The topological polar surface area (TPSA) is 64.3 Å². The van der Waals surface area contributed by atoms with Gasteiger partial charge in [0.15, 0.2) is 0 Å². The Morgan fingerprint density at radius 3 is 2.80 bits per heavy atom. The molecule has 2 rings (SSSR count). The second kappa shape index (κ2) is 6.91. The van der Waals surface area contributed by atoms with Crippen LogP contribution in [0.3, 0.4) is 0 Å². The van der Waals surface area contributed by atoms with E-state index >= 15 is 0 Å². The van der Waals surface area contributed by atoms with Gasteiger partial charge in [0.2, 0.25) is 5.91 Å². The first kappa shape index (κ1) is 14.3. The maximum Gasteiger partial charge on any atom is 0.219 e. The van der Waals surface area contributed by atoms with E-state index in [1.807, 2.05) is 24.3 Å². The second-order valence-corrected chi connectivity index (χ2v) is 4.59. The van der Waals surface area contributed by atoms with Crippen LogP contribution in [0.4, 0.5) is 0 Å². The van der Waals surface area contributed by atoms with Crippen molar-refractivity contribution in [1.29, 1.82) is 0 Å². The van der Waals surface area contributed by atoms with Crippen LogP contribution in [0, 0.1) is 0 Å². The second-order valence-electron chi connectivity index (χ2n) is 4.59. The lowest BCUT2D eigenvalue weighted by atomic mass is 10.0. The third kappa shape index (κ3) is 3.27. The van der Waals surface area contributed by atoms with E-state index in [1.54, 1.807) is 7.05 Å². The number of carbonyl (C=O) groups excluding carboxylic acids is 1. The maximum atomic E-state index is 11.1. The minimum atomic E-state index is 0.0335. The highest BCUT2D eigenvalue weighted by atomic mass is 16.5. The van der Waals surface area contributed by atoms with Crippen molar-refractivity contribution in [1.82, 2.24) is 5.32 Å². The number of ether oxygens (including phenoxy) is 1. The fraction of sp³-hybridized carbons (Fsp3) is 0.312. The highest BCUT2D eigenvalue weighted by Gasteiger charge is 2.07. The largest absolute Gasteiger partial charge is 0.493 e. The molecule has 20 heavy (non-hydrogen) atoms. The molecule has 0 aliphatic rings. The van der Waals surface area contributed by atoms with E-state index in [-0.39, 0.29) is 5.91 Å². The minimum Gasteiger partial charge on any atom is -0.493 e. The highest BCUT2D eigenvalue weighted by Crippen LogP contribution is 2.27. The van der Waals surface area contributed by atoms with Gasteiger partial charge in [-0.2, -0.15) is 0 Å². The Balaban J connectivity index is 2.08. The van der Waals surface area contributed by atoms with Gasteiger partial charge in [-0.15, -0.1) is 0 Å². The Morgan fingerprint density at radius 2 is 2.05 bits per heavy atom. The fourth-order valence-corrected chi connectivity index (χ4v) is 2.20. The van der Waals surface area contributed by atoms with Gasteiger partial charge in [0.1, 0.15) is 5.75 Å². The lowest BCUT2D eigenvalue weighted by Crippen LogP contribution is -2.18. The molecule has 0 radical (unpaired) electrons. The Labute approximate surface area is 118 Å². The molecular formula is C16H20N2O2. The molecule has 0 aliphatic carbocycles. The van der Waals surface area contributed by atoms with E-state index in [4.69, 9.17) is 10.5 Å². The first-order valence-electron chi connectivity index (χ1n) is 6.80. The molecule has 2 aromatic rings. The summed E-state index contributed by atoms with van der Waals surface area (Å²) in [5.41, 5.74) is 6.86. The summed E-state index contributed by atoms with van der Waals surface area (Å²) >= 11 is 0. The van der Waals surface area contributed by atoms with Crippen LogP contribution in [-0.2, 0) is 11.3 Å². The van der Waals surface area contributed by atoms with Crippen molar-refractivity contribution < 1.29 is 9.53 Å². The Bertz CT molecular complexity index is 596. The maximum absolute atomic E-state index is 11.1.